The Hall–Kier alpha value is -0.950. The molecule has 0 rings (SSSR count). The summed E-state index contributed by atoms with van der Waals surface area (Å²) in [5.74, 6) is -8.58. The zero-order chi connectivity index (χ0) is 10.2. The number of carboxylic acid groups (broad SMARTS) is 1. The highest BCUT2D eigenvalue weighted by atomic mass is 19.4. The second-order valence-electron chi connectivity index (χ2n) is 1.83. The Morgan fingerprint density at radius 2 is 1.50 bits per heavy atom. The zero-order valence-electron chi connectivity index (χ0n) is 5.20. The molecule has 0 aliphatic carbocycles. The van der Waals surface area contributed by atoms with Crippen LogP contribution in [0.25, 0.3) is 0 Å². The molecule has 0 spiro atoms. The van der Waals surface area contributed by atoms with E-state index in [1.54, 1.807) is 0 Å². The second-order valence-corrected chi connectivity index (χ2v) is 1.83. The van der Waals surface area contributed by atoms with E-state index in [0.717, 1.165) is 0 Å². The van der Waals surface area contributed by atoms with Crippen LogP contribution in [0, 0.1) is 0 Å². The fraction of sp³-hybridized carbons (Fsp3) is 0.750. The highest BCUT2D eigenvalue weighted by Gasteiger charge is 2.61. The van der Waals surface area contributed by atoms with Crippen molar-refractivity contribution in [2.75, 3.05) is 0 Å². The van der Waals surface area contributed by atoms with Crippen LogP contribution in [-0.2, 0) is 4.79 Å². The van der Waals surface area contributed by atoms with Crippen LogP contribution in [0.5, 0.6) is 0 Å². The van der Waals surface area contributed by atoms with Crippen LogP contribution in [0.2, 0.25) is 0 Å². The Bertz CT molecular complexity index is 184. The van der Waals surface area contributed by atoms with Crippen LogP contribution in [0.15, 0.2) is 0 Å². The van der Waals surface area contributed by atoms with Gasteiger partial charge in [-0.1, -0.05) is 0 Å². The highest BCUT2D eigenvalue weighted by Crippen LogP contribution is 2.34. The van der Waals surface area contributed by atoms with Crippen molar-refractivity contribution in [1.29, 1.82) is 0 Å². The van der Waals surface area contributed by atoms with Crippen molar-refractivity contribution in [3.63, 3.8) is 0 Å². The first kappa shape index (κ1) is 11.0. The van der Waals surface area contributed by atoms with Gasteiger partial charge in [0.05, 0.1) is 0 Å². The van der Waals surface area contributed by atoms with Crippen molar-refractivity contribution in [1.82, 2.24) is 0 Å². The van der Waals surface area contributed by atoms with Crippen molar-refractivity contribution in [3.05, 3.63) is 0 Å². The molecule has 0 saturated carbocycles. The van der Waals surface area contributed by atoms with Crippen LogP contribution < -0.4 is 0 Å². The van der Waals surface area contributed by atoms with E-state index in [1.165, 1.54) is 0 Å². The van der Waals surface area contributed by atoms with E-state index in [1.807, 2.05) is 0 Å². The maximum atomic E-state index is 11.7. The van der Waals surface area contributed by atoms with Gasteiger partial charge in [0.25, 0.3) is 6.17 Å². The Labute approximate surface area is 61.8 Å². The summed E-state index contributed by atoms with van der Waals surface area (Å²) in [5.41, 5.74) is 0. The zero-order valence-corrected chi connectivity index (χ0v) is 5.20. The van der Waals surface area contributed by atoms with E-state index >= 15 is 0 Å². The molecule has 0 heterocycles. The van der Waals surface area contributed by atoms with Crippen LogP contribution >= 0.6 is 0 Å². The van der Waals surface area contributed by atoms with Gasteiger partial charge in [-0.2, -0.15) is 22.0 Å². The van der Waals surface area contributed by atoms with Crippen molar-refractivity contribution >= 4 is 5.97 Å². The molecule has 0 aliphatic heterocycles. The molecule has 0 radical (unpaired) electrons. The third-order valence-electron chi connectivity index (χ3n) is 0.891. The smallest absolute Gasteiger partial charge is 0.426 e. The predicted octanol–water partition coefficient (Wildman–Crippen LogP) is 1.61. The SMILES string of the molecule is O=C(O)C(F)(F)[C@@H](F)C(F)(F)F. The van der Waals surface area contributed by atoms with Gasteiger partial charge in [-0.25, -0.2) is 9.18 Å². The Kier molecular flexibility index (Phi) is 2.61. The van der Waals surface area contributed by atoms with Crippen LogP contribution in [0.3, 0.4) is 0 Å². The van der Waals surface area contributed by atoms with Crippen LogP contribution in [-0.4, -0.2) is 29.3 Å². The van der Waals surface area contributed by atoms with Crippen LogP contribution in [0.4, 0.5) is 26.3 Å². The lowest BCUT2D eigenvalue weighted by atomic mass is 10.2. The molecule has 12 heavy (non-hydrogen) atoms. The molecule has 0 fully saturated rings. The molecule has 72 valence electrons. The molecule has 0 bridgehead atoms. The lowest BCUT2D eigenvalue weighted by molar-refractivity contribution is -0.247. The average molecular weight is 196 g/mol. The van der Waals surface area contributed by atoms with Gasteiger partial charge in [0.15, 0.2) is 0 Å². The lowest BCUT2D eigenvalue weighted by Gasteiger charge is -2.18. The third-order valence-corrected chi connectivity index (χ3v) is 0.891. The van der Waals surface area contributed by atoms with Gasteiger partial charge in [-0.15, -0.1) is 0 Å². The molecule has 0 aliphatic rings. The summed E-state index contributed by atoms with van der Waals surface area (Å²) in [7, 11) is 0. The van der Waals surface area contributed by atoms with E-state index in [9.17, 15) is 31.1 Å². The van der Waals surface area contributed by atoms with Crippen molar-refractivity contribution in [2.24, 2.45) is 0 Å². The number of carbonyl (C=O) groups is 1. The first-order chi connectivity index (χ1) is 5.10. The number of hydrogen-bond acceptors (Lipinski definition) is 1. The number of rotatable bonds is 2. The first-order valence-electron chi connectivity index (χ1n) is 2.42. The quantitative estimate of drug-likeness (QED) is 0.681. The fourth-order valence-electron chi connectivity index (χ4n) is 0.314. The van der Waals surface area contributed by atoms with Gasteiger partial charge in [-0.3, -0.25) is 0 Å². The predicted molar refractivity (Wildman–Crippen MR) is 23.5 cm³/mol. The molecule has 1 atom stereocenters. The average Bonchev–Trinajstić information content (AvgIpc) is 1.83. The van der Waals surface area contributed by atoms with Gasteiger partial charge in [-0.05, 0) is 0 Å². The number of halogens is 6. The molecule has 0 aromatic rings. The maximum absolute atomic E-state index is 11.7. The standard InChI is InChI=1S/C4H2F6O2/c5-1(4(8,9)10)3(6,7)2(11)12/h1H,(H,11,12)/t1-/m1/s1. The fourth-order valence-corrected chi connectivity index (χ4v) is 0.314. The number of aliphatic carboxylic acids is 1. The molecule has 8 heteroatoms. The summed E-state index contributed by atoms with van der Waals surface area (Å²) in [5, 5.41) is 7.48. The molecule has 0 aromatic heterocycles. The van der Waals surface area contributed by atoms with E-state index in [2.05, 4.69) is 0 Å². The monoisotopic (exact) mass is 196 g/mol. The molecule has 1 N–H and O–H groups in total. The third kappa shape index (κ3) is 2.02. The molecule has 0 amide bonds. The van der Waals surface area contributed by atoms with E-state index in [4.69, 9.17) is 5.11 Å². The van der Waals surface area contributed by atoms with Gasteiger partial charge in [0, 0.05) is 0 Å². The minimum absolute atomic E-state index is 3.15. The molecular weight excluding hydrogens is 194 g/mol. The minimum atomic E-state index is -5.87. The van der Waals surface area contributed by atoms with E-state index in [-0.39, 0.29) is 0 Å². The van der Waals surface area contributed by atoms with E-state index in [0.29, 0.717) is 0 Å². The highest BCUT2D eigenvalue weighted by molar-refractivity contribution is 5.76. The number of alkyl halides is 6. The van der Waals surface area contributed by atoms with Crippen molar-refractivity contribution in [3.8, 4) is 0 Å². The molecule has 0 aromatic carbocycles. The first-order valence-corrected chi connectivity index (χ1v) is 2.42. The number of carboxylic acids is 1. The second kappa shape index (κ2) is 2.83. The summed E-state index contributed by atoms with van der Waals surface area (Å²) < 4.78 is 68.7. The van der Waals surface area contributed by atoms with E-state index < -0.39 is 24.2 Å². The summed E-state index contributed by atoms with van der Waals surface area (Å²) in [6.07, 6.45) is -10.6. The Morgan fingerprint density at radius 1 is 1.17 bits per heavy atom. The summed E-state index contributed by atoms with van der Waals surface area (Å²) in [4.78, 5) is 9.42. The largest absolute Gasteiger partial charge is 0.477 e. The molecular formula is C4H2F6O2. The normalized spacial score (nSPS) is 15.8. The van der Waals surface area contributed by atoms with Gasteiger partial charge >= 0.3 is 18.1 Å². The van der Waals surface area contributed by atoms with Crippen molar-refractivity contribution in [2.45, 2.75) is 18.3 Å². The van der Waals surface area contributed by atoms with Gasteiger partial charge in [0.2, 0.25) is 0 Å². The maximum Gasteiger partial charge on any atom is 0.426 e. The Morgan fingerprint density at radius 3 is 1.58 bits per heavy atom. The summed E-state index contributed by atoms with van der Waals surface area (Å²) in [6, 6.07) is 0. The minimum Gasteiger partial charge on any atom is -0.477 e. The number of hydrogen-bond donors (Lipinski definition) is 1. The van der Waals surface area contributed by atoms with Gasteiger partial charge < -0.3 is 5.11 Å². The molecule has 0 unspecified atom stereocenters. The molecule has 2 nitrogen and oxygen atoms in total. The summed E-state index contributed by atoms with van der Waals surface area (Å²) in [6.45, 7) is 0. The van der Waals surface area contributed by atoms with Gasteiger partial charge in [0.1, 0.15) is 0 Å². The van der Waals surface area contributed by atoms with Crippen molar-refractivity contribution < 1.29 is 36.2 Å². The molecule has 0 saturated heterocycles. The summed E-state index contributed by atoms with van der Waals surface area (Å²) >= 11 is 0. The Balaban J connectivity index is 4.69. The lowest BCUT2D eigenvalue weighted by Crippen LogP contribution is -2.47. The van der Waals surface area contributed by atoms with Crippen LogP contribution in [0.1, 0.15) is 0 Å². The topological polar surface area (TPSA) is 37.3 Å².